The third-order valence-corrected chi connectivity index (χ3v) is 6.30. The smallest absolute Gasteiger partial charge is 0.417 e. The highest BCUT2D eigenvalue weighted by molar-refractivity contribution is 9.10. The van der Waals surface area contributed by atoms with E-state index in [0.29, 0.717) is 60.3 Å². The largest absolute Gasteiger partial charge is 0.487 e. The predicted octanol–water partition coefficient (Wildman–Crippen LogP) is 6.90. The van der Waals surface area contributed by atoms with Crippen LogP contribution in [0.1, 0.15) is 5.56 Å². The number of alkyl halides is 3. The summed E-state index contributed by atoms with van der Waals surface area (Å²) in [6, 6.07) is 12.5. The van der Waals surface area contributed by atoms with Gasteiger partial charge >= 0.3 is 12.2 Å². The van der Waals surface area contributed by atoms with Gasteiger partial charge in [0.15, 0.2) is 11.5 Å². The number of urea groups is 1. The lowest BCUT2D eigenvalue weighted by atomic mass is 10.2. The fraction of sp³-hybridized carbons (Fsp3) is 0.250. The molecule has 0 aliphatic heterocycles. The lowest BCUT2D eigenvalue weighted by Crippen LogP contribution is -2.19. The molecule has 3 aromatic carbocycles. The molecule has 4 aromatic rings. The monoisotopic (exact) mass is 650 g/mol. The number of methoxy groups -OCH3 is 2. The zero-order chi connectivity index (χ0) is 30.1. The highest BCUT2D eigenvalue weighted by atomic mass is 79.9. The molecule has 2 N–H and O–H groups in total. The quantitative estimate of drug-likeness (QED) is 0.159. The van der Waals surface area contributed by atoms with Crippen LogP contribution in [0.15, 0.2) is 65.4 Å². The van der Waals surface area contributed by atoms with E-state index >= 15 is 0 Å². The number of rotatable bonds is 12. The number of carbonyl (C=O) groups excluding carboxylic acids is 1. The lowest BCUT2D eigenvalue weighted by Gasteiger charge is -2.15. The van der Waals surface area contributed by atoms with Crippen molar-refractivity contribution in [3.8, 4) is 23.1 Å². The number of carbonyl (C=O) groups is 1. The van der Waals surface area contributed by atoms with Crippen molar-refractivity contribution in [1.29, 1.82) is 0 Å². The number of ether oxygens (including phenoxy) is 5. The van der Waals surface area contributed by atoms with Gasteiger partial charge in [-0.25, -0.2) is 14.8 Å². The second kappa shape index (κ2) is 14.2. The highest BCUT2D eigenvalue weighted by Gasteiger charge is 2.33. The van der Waals surface area contributed by atoms with Gasteiger partial charge in [-0.15, -0.1) is 0 Å². The number of hydrogen-bond donors (Lipinski definition) is 2. The molecular weight excluding hydrogens is 625 g/mol. The summed E-state index contributed by atoms with van der Waals surface area (Å²) in [5, 5.41) is 5.53. The maximum atomic E-state index is 13.2. The van der Waals surface area contributed by atoms with Crippen LogP contribution in [0, 0.1) is 0 Å². The Morgan fingerprint density at radius 1 is 0.833 bits per heavy atom. The Kier molecular flexibility index (Phi) is 10.4. The Balaban J connectivity index is 1.46. The van der Waals surface area contributed by atoms with Crippen molar-refractivity contribution in [3.63, 3.8) is 0 Å². The van der Waals surface area contributed by atoms with Crippen LogP contribution >= 0.6 is 15.9 Å². The number of benzene rings is 3. The zero-order valence-corrected chi connectivity index (χ0v) is 24.0. The van der Waals surface area contributed by atoms with Crippen LogP contribution < -0.4 is 24.8 Å². The third kappa shape index (κ3) is 8.21. The highest BCUT2D eigenvalue weighted by Crippen LogP contribution is 2.37. The SMILES string of the molecule is COCCOc1cc2ncnc(Oc3ccc(NC(=O)Nc4ccc(Br)c(C(F)(F)F)c4)cc3)c2cc1OCCOC. The normalized spacial score (nSPS) is 11.3. The van der Waals surface area contributed by atoms with Crippen LogP contribution in [0.3, 0.4) is 0 Å². The van der Waals surface area contributed by atoms with Crippen LogP contribution in [0.4, 0.5) is 29.3 Å². The molecule has 0 fully saturated rings. The van der Waals surface area contributed by atoms with E-state index in [1.807, 2.05) is 0 Å². The minimum atomic E-state index is -4.57. The maximum absolute atomic E-state index is 13.2. The topological polar surface area (TPSA) is 113 Å². The molecule has 0 radical (unpaired) electrons. The average molecular weight is 651 g/mol. The number of hydrogen-bond acceptors (Lipinski definition) is 8. The van der Waals surface area contributed by atoms with Gasteiger partial charge in [-0.2, -0.15) is 13.2 Å². The number of aromatic nitrogens is 2. The number of amides is 2. The Morgan fingerprint density at radius 3 is 2.10 bits per heavy atom. The van der Waals surface area contributed by atoms with Crippen LogP contribution in [-0.4, -0.2) is 56.6 Å². The van der Waals surface area contributed by atoms with Crippen molar-refractivity contribution in [1.82, 2.24) is 9.97 Å². The van der Waals surface area contributed by atoms with Crippen molar-refractivity contribution < 1.29 is 41.7 Å². The van der Waals surface area contributed by atoms with Crippen molar-refractivity contribution in [2.75, 3.05) is 51.3 Å². The van der Waals surface area contributed by atoms with Gasteiger partial charge in [0.25, 0.3) is 0 Å². The van der Waals surface area contributed by atoms with Crippen LogP contribution in [0.5, 0.6) is 23.1 Å². The van der Waals surface area contributed by atoms with E-state index in [1.165, 1.54) is 18.5 Å². The number of anilines is 2. The first kappa shape index (κ1) is 30.8. The molecule has 0 aliphatic carbocycles. The number of fused-ring (bicyclic) bond motifs is 1. The van der Waals surface area contributed by atoms with Crippen LogP contribution in [0.2, 0.25) is 0 Å². The predicted molar refractivity (Wildman–Crippen MR) is 153 cm³/mol. The van der Waals surface area contributed by atoms with E-state index in [4.69, 9.17) is 23.7 Å². The maximum Gasteiger partial charge on any atom is 0.417 e. The summed E-state index contributed by atoms with van der Waals surface area (Å²) in [7, 11) is 3.15. The molecule has 10 nitrogen and oxygen atoms in total. The fourth-order valence-corrected chi connectivity index (χ4v) is 4.12. The Hall–Kier alpha value is -4.14. The minimum absolute atomic E-state index is 0.0172. The molecule has 0 saturated heterocycles. The summed E-state index contributed by atoms with van der Waals surface area (Å²) in [4.78, 5) is 21.0. The molecule has 14 heteroatoms. The van der Waals surface area contributed by atoms with Gasteiger partial charge in [0.1, 0.15) is 25.3 Å². The summed E-state index contributed by atoms with van der Waals surface area (Å²) in [5.41, 5.74) is 0.0225. The van der Waals surface area contributed by atoms with E-state index < -0.39 is 17.8 Å². The molecular formula is C28H26BrF3N4O6. The molecule has 1 aromatic heterocycles. The summed E-state index contributed by atoms with van der Waals surface area (Å²) in [6.45, 7) is 1.37. The first-order valence-corrected chi connectivity index (χ1v) is 13.2. The van der Waals surface area contributed by atoms with E-state index in [0.717, 1.165) is 6.07 Å². The summed E-state index contributed by atoms with van der Waals surface area (Å²) < 4.78 is 67.1. The van der Waals surface area contributed by atoms with Crippen LogP contribution in [0.25, 0.3) is 10.9 Å². The van der Waals surface area contributed by atoms with Crippen molar-refractivity contribution in [2.45, 2.75) is 6.18 Å². The molecule has 222 valence electrons. The summed E-state index contributed by atoms with van der Waals surface area (Å²) >= 11 is 2.87. The Labute approximate surface area is 247 Å². The second-order valence-electron chi connectivity index (χ2n) is 8.58. The molecule has 0 saturated carbocycles. The molecule has 0 unspecified atom stereocenters. The number of halogens is 4. The average Bonchev–Trinajstić information content (AvgIpc) is 2.95. The Bertz CT molecular complexity index is 1520. The molecule has 4 rings (SSSR count). The molecule has 0 spiro atoms. The third-order valence-electron chi connectivity index (χ3n) is 5.61. The van der Waals surface area contributed by atoms with Crippen molar-refractivity contribution in [3.05, 3.63) is 71.0 Å². The van der Waals surface area contributed by atoms with E-state index in [-0.39, 0.29) is 16.0 Å². The van der Waals surface area contributed by atoms with Gasteiger partial charge in [0.05, 0.1) is 29.7 Å². The second-order valence-corrected chi connectivity index (χ2v) is 9.43. The fourth-order valence-electron chi connectivity index (χ4n) is 3.65. The molecule has 0 aliphatic rings. The van der Waals surface area contributed by atoms with Gasteiger partial charge in [-0.05, 0) is 48.5 Å². The molecule has 0 atom stereocenters. The van der Waals surface area contributed by atoms with Crippen LogP contribution in [-0.2, 0) is 15.7 Å². The Morgan fingerprint density at radius 2 is 1.45 bits per heavy atom. The number of nitrogens with one attached hydrogen (secondary N) is 2. The van der Waals surface area contributed by atoms with Crippen molar-refractivity contribution >= 4 is 44.2 Å². The van der Waals surface area contributed by atoms with Gasteiger partial charge < -0.3 is 34.3 Å². The first-order chi connectivity index (χ1) is 20.2. The zero-order valence-electron chi connectivity index (χ0n) is 22.5. The number of nitrogens with zero attached hydrogens (tertiary/aromatic N) is 2. The summed E-state index contributed by atoms with van der Waals surface area (Å²) in [5.74, 6) is 1.60. The molecule has 0 bridgehead atoms. The van der Waals surface area contributed by atoms with Gasteiger partial charge in [-0.3, -0.25) is 0 Å². The molecule has 42 heavy (non-hydrogen) atoms. The van der Waals surface area contributed by atoms with Crippen molar-refractivity contribution in [2.24, 2.45) is 0 Å². The summed E-state index contributed by atoms with van der Waals surface area (Å²) in [6.07, 6.45) is -3.22. The van der Waals surface area contributed by atoms with E-state index in [1.54, 1.807) is 50.6 Å². The standard InChI is InChI=1S/C28H26BrF3N4O6/c1-38-9-11-40-24-14-20-23(15-25(24)41-12-10-39-2)33-16-34-26(20)42-19-6-3-17(4-7-19)35-27(37)36-18-5-8-22(29)21(13-18)28(30,31)32/h3-8,13-16H,9-12H2,1-2H3,(H2,35,36,37). The first-order valence-electron chi connectivity index (χ1n) is 12.4. The lowest BCUT2D eigenvalue weighted by molar-refractivity contribution is -0.138. The molecule has 2 amide bonds. The van der Waals surface area contributed by atoms with E-state index in [9.17, 15) is 18.0 Å². The van der Waals surface area contributed by atoms with Gasteiger partial charge in [0, 0.05) is 36.1 Å². The van der Waals surface area contributed by atoms with E-state index in [2.05, 4.69) is 36.5 Å². The minimum Gasteiger partial charge on any atom is -0.487 e. The van der Waals surface area contributed by atoms with Gasteiger partial charge in [0.2, 0.25) is 5.88 Å². The van der Waals surface area contributed by atoms with Gasteiger partial charge in [-0.1, -0.05) is 15.9 Å². The molecule has 1 heterocycles.